The van der Waals surface area contributed by atoms with E-state index in [1.165, 1.54) is 18.2 Å². The number of esters is 2. The fourth-order valence-electron chi connectivity index (χ4n) is 3.52. The third-order valence-corrected chi connectivity index (χ3v) is 5.10. The number of carbonyl (C=O) groups excluding carboxylic acids is 2. The number of nitrogens with one attached hydrogen (secondary N) is 1. The Morgan fingerprint density at radius 2 is 1.79 bits per heavy atom. The molecule has 1 aromatic rings. The smallest absolute Gasteiger partial charge is 0.337 e. The van der Waals surface area contributed by atoms with Crippen LogP contribution >= 0.6 is 0 Å². The molecule has 1 aliphatic heterocycles. The Bertz CT molecular complexity index is 1020. The largest absolute Gasteiger partial charge is 0.462 e. The molecule has 0 radical (unpaired) electrons. The number of non-ortho nitro benzene ring substituents is 1. The van der Waals surface area contributed by atoms with Crippen molar-refractivity contribution in [2.45, 2.75) is 46.5 Å². The van der Waals surface area contributed by atoms with Gasteiger partial charge in [0.05, 0.1) is 28.6 Å². The number of nitro groups is 1. The molecule has 1 N–H and O–H groups in total. The van der Waals surface area contributed by atoms with Crippen molar-refractivity contribution in [2.75, 3.05) is 13.2 Å². The number of nitro benzene ring substituents is 1. The molecule has 0 saturated heterocycles. The minimum atomic E-state index is -0.868. The van der Waals surface area contributed by atoms with Gasteiger partial charge in [-0.2, -0.15) is 0 Å². The van der Waals surface area contributed by atoms with Crippen molar-refractivity contribution in [1.82, 2.24) is 5.32 Å². The Morgan fingerprint density at radius 1 is 1.12 bits per heavy atom. The lowest BCUT2D eigenvalue weighted by molar-refractivity contribution is -0.384. The molecule has 1 heterocycles. The molecule has 0 bridgehead atoms. The fourth-order valence-corrected chi connectivity index (χ4v) is 3.52. The average Bonchev–Trinajstić information content (AvgIpc) is 2.78. The number of dihydropyridines is 1. The summed E-state index contributed by atoms with van der Waals surface area (Å²) in [5.74, 6) is -2.06. The molecule has 1 unspecified atom stereocenters. The van der Waals surface area contributed by atoms with Crippen molar-refractivity contribution in [1.29, 1.82) is 0 Å². The molecule has 0 spiro atoms. The maximum absolute atomic E-state index is 13.1. The molecule has 1 atom stereocenters. The molecular weight excluding hydrogens is 424 g/mol. The summed E-state index contributed by atoms with van der Waals surface area (Å²) in [6.45, 7) is 7.56. The first-order valence-corrected chi connectivity index (χ1v) is 10.9. The van der Waals surface area contributed by atoms with Crippen LogP contribution in [0.25, 0.3) is 0 Å². The topological polar surface area (TPSA) is 108 Å². The number of ether oxygens (including phenoxy) is 2. The molecular formula is C25H30N2O6. The van der Waals surface area contributed by atoms with Gasteiger partial charge in [-0.15, -0.1) is 0 Å². The van der Waals surface area contributed by atoms with Crippen molar-refractivity contribution < 1.29 is 24.0 Å². The number of unbranched alkanes of at least 4 members (excludes halogenated alkanes) is 1. The molecule has 0 aliphatic carbocycles. The molecule has 0 saturated carbocycles. The summed E-state index contributed by atoms with van der Waals surface area (Å²) in [6.07, 6.45) is 8.66. The van der Waals surface area contributed by atoms with Crippen LogP contribution < -0.4 is 5.32 Å². The molecule has 0 amide bonds. The van der Waals surface area contributed by atoms with Gasteiger partial charge in [-0.1, -0.05) is 43.7 Å². The van der Waals surface area contributed by atoms with E-state index in [4.69, 9.17) is 9.47 Å². The number of hydrogen-bond donors (Lipinski definition) is 1. The second kappa shape index (κ2) is 12.4. The predicted octanol–water partition coefficient (Wildman–Crippen LogP) is 4.85. The zero-order valence-electron chi connectivity index (χ0n) is 19.4. The van der Waals surface area contributed by atoms with E-state index in [1.54, 1.807) is 32.1 Å². The maximum atomic E-state index is 13.1. The van der Waals surface area contributed by atoms with Gasteiger partial charge in [-0.05, 0) is 38.8 Å². The second-order valence-electron chi connectivity index (χ2n) is 7.53. The van der Waals surface area contributed by atoms with Gasteiger partial charge in [0.1, 0.15) is 6.61 Å². The van der Waals surface area contributed by atoms with E-state index in [0.29, 0.717) is 23.4 Å². The number of rotatable bonds is 10. The zero-order chi connectivity index (χ0) is 24.4. The zero-order valence-corrected chi connectivity index (χ0v) is 19.4. The first kappa shape index (κ1) is 25.6. The van der Waals surface area contributed by atoms with Gasteiger partial charge in [-0.3, -0.25) is 10.1 Å². The van der Waals surface area contributed by atoms with Gasteiger partial charge in [0, 0.05) is 23.5 Å². The number of hydrogen-bond acceptors (Lipinski definition) is 7. The van der Waals surface area contributed by atoms with E-state index in [-0.39, 0.29) is 30.0 Å². The Hall–Kier alpha value is -3.68. The van der Waals surface area contributed by atoms with Gasteiger partial charge in [0.15, 0.2) is 0 Å². The quantitative estimate of drug-likeness (QED) is 0.177. The minimum absolute atomic E-state index is 0.0422. The van der Waals surface area contributed by atoms with Crippen LogP contribution in [-0.2, 0) is 19.1 Å². The fraction of sp³-hybridized carbons (Fsp3) is 0.360. The van der Waals surface area contributed by atoms with Crippen LogP contribution in [0.2, 0.25) is 0 Å². The Morgan fingerprint density at radius 3 is 2.39 bits per heavy atom. The van der Waals surface area contributed by atoms with Crippen LogP contribution in [0.3, 0.4) is 0 Å². The van der Waals surface area contributed by atoms with Crippen LogP contribution in [0.5, 0.6) is 0 Å². The normalized spacial score (nSPS) is 16.3. The minimum Gasteiger partial charge on any atom is -0.462 e. The number of nitrogens with zero attached hydrogens (tertiary/aromatic N) is 1. The molecule has 2 rings (SSSR count). The molecule has 8 heteroatoms. The molecule has 33 heavy (non-hydrogen) atoms. The first-order chi connectivity index (χ1) is 15.8. The SMILES string of the molecule is C/C=C/C=C/COC(=O)C1=C(C)NC(C)=C(C(=O)OCCCC)C1c1cccc([N+](=O)[O-])c1. The summed E-state index contributed by atoms with van der Waals surface area (Å²) < 4.78 is 10.9. The lowest BCUT2D eigenvalue weighted by atomic mass is 9.80. The third-order valence-electron chi connectivity index (χ3n) is 5.10. The highest BCUT2D eigenvalue weighted by molar-refractivity contribution is 6.00. The van der Waals surface area contributed by atoms with Crippen molar-refractivity contribution in [2.24, 2.45) is 0 Å². The monoisotopic (exact) mass is 454 g/mol. The Kier molecular flexibility index (Phi) is 9.60. The van der Waals surface area contributed by atoms with Gasteiger partial charge >= 0.3 is 11.9 Å². The highest BCUT2D eigenvalue weighted by Gasteiger charge is 2.38. The highest BCUT2D eigenvalue weighted by atomic mass is 16.6. The standard InChI is InChI=1S/C25H30N2O6/c1-5-7-9-10-15-33-25(29)22-18(4)26-17(3)21(24(28)32-14-8-6-2)23(22)19-12-11-13-20(16-19)27(30)31/h5,7,9-13,16,23,26H,6,8,14-15H2,1-4H3/b7-5+,10-9+. The van der Waals surface area contributed by atoms with E-state index < -0.39 is 22.8 Å². The van der Waals surface area contributed by atoms with Crippen LogP contribution in [0, 0.1) is 10.1 Å². The summed E-state index contributed by atoms with van der Waals surface area (Å²) in [7, 11) is 0. The number of carbonyl (C=O) groups is 2. The molecule has 0 fully saturated rings. The first-order valence-electron chi connectivity index (χ1n) is 10.9. The summed E-state index contributed by atoms with van der Waals surface area (Å²) in [4.78, 5) is 37.0. The number of benzene rings is 1. The Labute approximate surface area is 193 Å². The van der Waals surface area contributed by atoms with E-state index in [0.717, 1.165) is 6.42 Å². The summed E-state index contributed by atoms with van der Waals surface area (Å²) in [5, 5.41) is 14.4. The summed E-state index contributed by atoms with van der Waals surface area (Å²) in [6, 6.07) is 5.92. The molecule has 8 nitrogen and oxygen atoms in total. The van der Waals surface area contributed by atoms with E-state index >= 15 is 0 Å². The van der Waals surface area contributed by atoms with Crippen molar-refractivity contribution in [3.05, 3.63) is 86.8 Å². The molecule has 176 valence electrons. The lowest BCUT2D eigenvalue weighted by Crippen LogP contribution is -2.32. The van der Waals surface area contributed by atoms with E-state index in [1.807, 2.05) is 26.0 Å². The molecule has 0 aromatic heterocycles. The number of allylic oxidation sites excluding steroid dienone is 5. The van der Waals surface area contributed by atoms with Crippen LogP contribution in [0.4, 0.5) is 5.69 Å². The molecule has 1 aromatic carbocycles. The van der Waals surface area contributed by atoms with Gasteiger partial charge in [0.25, 0.3) is 5.69 Å². The maximum Gasteiger partial charge on any atom is 0.337 e. The van der Waals surface area contributed by atoms with Crippen molar-refractivity contribution >= 4 is 17.6 Å². The average molecular weight is 455 g/mol. The Balaban J connectivity index is 2.50. The highest BCUT2D eigenvalue weighted by Crippen LogP contribution is 2.40. The second-order valence-corrected chi connectivity index (χ2v) is 7.53. The molecule has 1 aliphatic rings. The van der Waals surface area contributed by atoms with Crippen LogP contribution in [0.1, 0.15) is 52.0 Å². The van der Waals surface area contributed by atoms with Crippen molar-refractivity contribution in [3.8, 4) is 0 Å². The predicted molar refractivity (Wildman–Crippen MR) is 125 cm³/mol. The van der Waals surface area contributed by atoms with E-state index in [9.17, 15) is 19.7 Å². The summed E-state index contributed by atoms with van der Waals surface area (Å²) >= 11 is 0. The van der Waals surface area contributed by atoms with Gasteiger partial charge in [-0.25, -0.2) is 9.59 Å². The lowest BCUT2D eigenvalue weighted by Gasteiger charge is -2.30. The van der Waals surface area contributed by atoms with E-state index in [2.05, 4.69) is 5.32 Å². The van der Waals surface area contributed by atoms with Crippen LogP contribution in [-0.4, -0.2) is 30.1 Å². The van der Waals surface area contributed by atoms with Crippen LogP contribution in [0.15, 0.2) is 71.1 Å². The summed E-state index contributed by atoms with van der Waals surface area (Å²) in [5.41, 5.74) is 1.77. The van der Waals surface area contributed by atoms with Crippen molar-refractivity contribution in [3.63, 3.8) is 0 Å². The third kappa shape index (κ3) is 6.65. The van der Waals surface area contributed by atoms with Gasteiger partial charge in [0.2, 0.25) is 0 Å². The van der Waals surface area contributed by atoms with Gasteiger partial charge < -0.3 is 14.8 Å².